The van der Waals surface area contributed by atoms with Gasteiger partial charge in [-0.1, -0.05) is 30.3 Å². The number of hydrogen-bond acceptors (Lipinski definition) is 4. The number of para-hydroxylation sites is 1. The number of carboxylic acid groups (broad SMARTS) is 1. The normalized spacial score (nSPS) is 11.1. The lowest BCUT2D eigenvalue weighted by atomic mass is 10.1. The van der Waals surface area contributed by atoms with Crippen molar-refractivity contribution in [1.82, 2.24) is 14.5 Å². The van der Waals surface area contributed by atoms with E-state index in [0.717, 1.165) is 22.0 Å². The van der Waals surface area contributed by atoms with Gasteiger partial charge in [0.05, 0.1) is 33.7 Å². The second-order valence-electron chi connectivity index (χ2n) is 6.82. The molecule has 5 rings (SSSR count). The Morgan fingerprint density at radius 2 is 1.79 bits per heavy atom. The van der Waals surface area contributed by atoms with Crippen molar-refractivity contribution in [3.63, 3.8) is 0 Å². The molecule has 0 amide bonds. The van der Waals surface area contributed by atoms with Crippen molar-refractivity contribution in [2.45, 2.75) is 6.54 Å². The van der Waals surface area contributed by atoms with Gasteiger partial charge < -0.3 is 9.67 Å². The molecule has 0 aliphatic heterocycles. The first kappa shape index (κ1) is 16.9. The number of carboxylic acids is 1. The highest BCUT2D eigenvalue weighted by molar-refractivity contribution is 6.06. The molecule has 0 aliphatic carbocycles. The van der Waals surface area contributed by atoms with Crippen LogP contribution in [0.2, 0.25) is 0 Å². The monoisotopic (exact) mass is 378 g/mol. The first-order chi connectivity index (χ1) is 14.1. The van der Waals surface area contributed by atoms with Gasteiger partial charge in [0.1, 0.15) is 5.52 Å². The summed E-state index contributed by atoms with van der Waals surface area (Å²) in [7, 11) is 0. The van der Waals surface area contributed by atoms with Crippen molar-refractivity contribution in [2.75, 3.05) is 0 Å². The number of rotatable bonds is 3. The number of aromatic nitrogens is 3. The molecule has 0 unspecified atom stereocenters. The van der Waals surface area contributed by atoms with E-state index in [2.05, 4.69) is 10.6 Å². The zero-order valence-electron chi connectivity index (χ0n) is 15.2. The van der Waals surface area contributed by atoms with Gasteiger partial charge >= 0.3 is 5.97 Å². The van der Waals surface area contributed by atoms with Crippen LogP contribution < -0.4 is 0 Å². The van der Waals surface area contributed by atoms with E-state index in [0.29, 0.717) is 28.8 Å². The van der Waals surface area contributed by atoms with E-state index < -0.39 is 5.97 Å². The number of carbonyl (C=O) groups is 1. The molecule has 5 aromatic rings. The molecule has 138 valence electrons. The molecule has 6 nitrogen and oxygen atoms in total. The minimum Gasteiger partial charge on any atom is -0.478 e. The third kappa shape index (κ3) is 2.77. The molecular weight excluding hydrogens is 364 g/mol. The molecule has 0 aliphatic rings. The molecule has 6 heteroatoms. The molecule has 2 aromatic heterocycles. The Balaban J connectivity index is 1.77. The summed E-state index contributed by atoms with van der Waals surface area (Å²) in [6, 6.07) is 22.3. The molecule has 29 heavy (non-hydrogen) atoms. The summed E-state index contributed by atoms with van der Waals surface area (Å²) in [4.78, 5) is 20.9. The van der Waals surface area contributed by atoms with Crippen molar-refractivity contribution >= 4 is 39.1 Å². The predicted octanol–water partition coefficient (Wildman–Crippen LogP) is 4.36. The van der Waals surface area contributed by atoms with Crippen LogP contribution in [0.15, 0.2) is 66.7 Å². The molecule has 3 aromatic carbocycles. The average molecular weight is 378 g/mol. The number of fused-ring (bicyclic) bond motifs is 4. The Kier molecular flexibility index (Phi) is 3.75. The molecule has 0 radical (unpaired) electrons. The maximum absolute atomic E-state index is 11.3. The topological polar surface area (TPSA) is 91.8 Å². The summed E-state index contributed by atoms with van der Waals surface area (Å²) >= 11 is 0. The van der Waals surface area contributed by atoms with Crippen molar-refractivity contribution in [2.24, 2.45) is 0 Å². The molecule has 0 saturated heterocycles. The van der Waals surface area contributed by atoms with Gasteiger partial charge in [-0.2, -0.15) is 5.26 Å². The molecule has 1 N–H and O–H groups in total. The summed E-state index contributed by atoms with van der Waals surface area (Å²) < 4.78 is 2.08. The fourth-order valence-electron chi connectivity index (χ4n) is 3.60. The van der Waals surface area contributed by atoms with E-state index in [1.54, 1.807) is 30.3 Å². The Bertz CT molecular complexity index is 1460. The van der Waals surface area contributed by atoms with E-state index >= 15 is 0 Å². The summed E-state index contributed by atoms with van der Waals surface area (Å²) in [5.41, 5.74) is 5.51. The van der Waals surface area contributed by atoms with Gasteiger partial charge in [-0.05, 0) is 42.0 Å². The molecule has 0 fully saturated rings. The van der Waals surface area contributed by atoms with Crippen LogP contribution in [0.3, 0.4) is 0 Å². The summed E-state index contributed by atoms with van der Waals surface area (Å²) in [5.74, 6) is -0.994. The molecular formula is C23H14N4O2. The van der Waals surface area contributed by atoms with Crippen LogP contribution in [-0.4, -0.2) is 25.6 Å². The Hall–Kier alpha value is -4.24. The maximum atomic E-state index is 11.3. The van der Waals surface area contributed by atoms with Gasteiger partial charge in [-0.3, -0.25) is 0 Å². The van der Waals surface area contributed by atoms with Crippen LogP contribution >= 0.6 is 0 Å². The fraction of sp³-hybridized carbons (Fsp3) is 0.0435. The van der Waals surface area contributed by atoms with Gasteiger partial charge in [0, 0.05) is 11.9 Å². The van der Waals surface area contributed by atoms with Crippen LogP contribution in [-0.2, 0) is 6.54 Å². The van der Waals surface area contributed by atoms with Crippen LogP contribution in [0.4, 0.5) is 0 Å². The first-order valence-corrected chi connectivity index (χ1v) is 9.05. The maximum Gasteiger partial charge on any atom is 0.335 e. The Morgan fingerprint density at radius 1 is 1.00 bits per heavy atom. The quantitative estimate of drug-likeness (QED) is 0.504. The molecule has 0 spiro atoms. The minimum absolute atomic E-state index is 0.181. The average Bonchev–Trinajstić information content (AvgIpc) is 3.05. The van der Waals surface area contributed by atoms with E-state index in [9.17, 15) is 9.90 Å². The number of nitriles is 1. The van der Waals surface area contributed by atoms with Crippen molar-refractivity contribution in [1.29, 1.82) is 5.26 Å². The largest absolute Gasteiger partial charge is 0.478 e. The summed E-state index contributed by atoms with van der Waals surface area (Å²) in [6.07, 6.45) is 0. The number of aromatic carboxylic acids is 1. The number of benzene rings is 3. The number of nitrogens with zero attached hydrogens (tertiary/aromatic N) is 4. The van der Waals surface area contributed by atoms with Crippen LogP contribution in [0.5, 0.6) is 0 Å². The highest BCUT2D eigenvalue weighted by Gasteiger charge is 2.15. The van der Waals surface area contributed by atoms with Gasteiger partial charge in [-0.15, -0.1) is 0 Å². The van der Waals surface area contributed by atoms with E-state index in [1.165, 1.54) is 0 Å². The number of hydrogen-bond donors (Lipinski definition) is 1. The standard InChI is InChI=1S/C23H14N4O2/c24-12-14-5-7-15(8-6-14)13-27-20-4-2-1-3-17(20)21-22(27)26-19-11-16(23(28)29)9-10-18(19)25-21/h1-11H,13H2,(H,28,29). The van der Waals surface area contributed by atoms with E-state index in [4.69, 9.17) is 15.2 Å². The zero-order chi connectivity index (χ0) is 20.0. The summed E-state index contributed by atoms with van der Waals surface area (Å²) in [6.45, 7) is 0.564. The molecule has 0 bridgehead atoms. The molecule has 2 heterocycles. The van der Waals surface area contributed by atoms with E-state index in [-0.39, 0.29) is 5.56 Å². The van der Waals surface area contributed by atoms with Gasteiger partial charge in [0.25, 0.3) is 0 Å². The molecule has 0 atom stereocenters. The van der Waals surface area contributed by atoms with Crippen molar-refractivity contribution in [3.05, 3.63) is 83.4 Å². The third-order valence-electron chi connectivity index (χ3n) is 5.02. The van der Waals surface area contributed by atoms with Gasteiger partial charge in [-0.25, -0.2) is 14.8 Å². The zero-order valence-corrected chi connectivity index (χ0v) is 15.2. The SMILES string of the molecule is N#Cc1ccc(Cn2c3ccccc3c3nc4ccc(C(=O)O)cc4nc32)cc1. The van der Waals surface area contributed by atoms with Gasteiger partial charge in [0.2, 0.25) is 0 Å². The van der Waals surface area contributed by atoms with Crippen LogP contribution in [0.25, 0.3) is 33.1 Å². The second-order valence-corrected chi connectivity index (χ2v) is 6.82. The lowest BCUT2D eigenvalue weighted by Gasteiger charge is -2.08. The van der Waals surface area contributed by atoms with E-state index in [1.807, 2.05) is 36.4 Å². The molecule has 0 saturated carbocycles. The first-order valence-electron chi connectivity index (χ1n) is 9.05. The highest BCUT2D eigenvalue weighted by atomic mass is 16.4. The highest BCUT2D eigenvalue weighted by Crippen LogP contribution is 2.29. The van der Waals surface area contributed by atoms with Crippen LogP contribution in [0.1, 0.15) is 21.5 Å². The third-order valence-corrected chi connectivity index (χ3v) is 5.02. The Labute approximate surface area is 165 Å². The van der Waals surface area contributed by atoms with Crippen molar-refractivity contribution in [3.8, 4) is 6.07 Å². The lowest BCUT2D eigenvalue weighted by Crippen LogP contribution is -2.02. The van der Waals surface area contributed by atoms with Crippen LogP contribution in [0, 0.1) is 11.3 Å². The second kappa shape index (κ2) is 6.43. The minimum atomic E-state index is -0.994. The summed E-state index contributed by atoms with van der Waals surface area (Å²) in [5, 5.41) is 19.3. The van der Waals surface area contributed by atoms with Gasteiger partial charge in [0.15, 0.2) is 5.65 Å². The lowest BCUT2D eigenvalue weighted by molar-refractivity contribution is 0.0697. The smallest absolute Gasteiger partial charge is 0.335 e. The Morgan fingerprint density at radius 3 is 2.55 bits per heavy atom. The van der Waals surface area contributed by atoms with Crippen molar-refractivity contribution < 1.29 is 9.90 Å². The predicted molar refractivity (Wildman–Crippen MR) is 110 cm³/mol. The fourth-order valence-corrected chi connectivity index (χ4v) is 3.60.